The van der Waals surface area contributed by atoms with Gasteiger partial charge in [-0.15, -0.1) is 0 Å². The quantitative estimate of drug-likeness (QED) is 0.656. The molecule has 0 aromatic heterocycles. The minimum atomic E-state index is -3.69. The van der Waals surface area contributed by atoms with E-state index in [0.717, 1.165) is 0 Å². The number of carbonyl (C=O) groups excluding carboxylic acids is 2. The molecule has 0 bridgehead atoms. The first-order valence-electron chi connectivity index (χ1n) is 10.0. The number of amides is 1. The Morgan fingerprint density at radius 2 is 1.68 bits per heavy atom. The van der Waals surface area contributed by atoms with Crippen molar-refractivity contribution in [3.8, 4) is 5.75 Å². The van der Waals surface area contributed by atoms with Crippen molar-refractivity contribution in [2.75, 3.05) is 33.4 Å². The van der Waals surface area contributed by atoms with Crippen LogP contribution >= 0.6 is 0 Å². The number of benzene rings is 2. The summed E-state index contributed by atoms with van der Waals surface area (Å²) in [4.78, 5) is 25.8. The van der Waals surface area contributed by atoms with Crippen molar-refractivity contribution < 1.29 is 27.5 Å². The average Bonchev–Trinajstić information content (AvgIpc) is 3.21. The molecule has 8 nitrogen and oxygen atoms in total. The first-order chi connectivity index (χ1) is 14.9. The summed E-state index contributed by atoms with van der Waals surface area (Å²) in [6.45, 7) is 1.36. The van der Waals surface area contributed by atoms with Crippen LogP contribution in [-0.4, -0.2) is 68.9 Å². The van der Waals surface area contributed by atoms with Gasteiger partial charge < -0.3 is 14.4 Å². The van der Waals surface area contributed by atoms with Crippen LogP contribution in [0.4, 0.5) is 0 Å². The minimum Gasteiger partial charge on any atom is -0.497 e. The van der Waals surface area contributed by atoms with Crippen LogP contribution in [0.3, 0.4) is 0 Å². The van der Waals surface area contributed by atoms with Crippen LogP contribution in [0.15, 0.2) is 53.4 Å². The molecule has 2 fully saturated rings. The summed E-state index contributed by atoms with van der Waals surface area (Å²) in [6, 6.07) is 12.8. The second-order valence-electron chi connectivity index (χ2n) is 7.57. The molecule has 2 saturated heterocycles. The van der Waals surface area contributed by atoms with E-state index in [9.17, 15) is 18.0 Å². The Kier molecular flexibility index (Phi) is 5.83. The Bertz CT molecular complexity index is 1060. The van der Waals surface area contributed by atoms with Crippen molar-refractivity contribution in [2.45, 2.75) is 23.5 Å². The summed E-state index contributed by atoms with van der Waals surface area (Å²) in [6.07, 6.45) is 1.45. The van der Waals surface area contributed by atoms with Crippen molar-refractivity contribution in [3.63, 3.8) is 0 Å². The van der Waals surface area contributed by atoms with Gasteiger partial charge in [-0.3, -0.25) is 9.59 Å². The van der Waals surface area contributed by atoms with E-state index in [1.165, 1.54) is 28.6 Å². The van der Waals surface area contributed by atoms with Gasteiger partial charge in [-0.1, -0.05) is 12.1 Å². The first-order valence-corrected chi connectivity index (χ1v) is 11.5. The molecule has 2 aromatic rings. The number of hydrogen-bond acceptors (Lipinski definition) is 6. The predicted octanol–water partition coefficient (Wildman–Crippen LogP) is 2.16. The number of sulfonamides is 1. The van der Waals surface area contributed by atoms with Gasteiger partial charge in [-0.2, -0.15) is 4.31 Å². The molecule has 0 unspecified atom stereocenters. The number of ether oxygens (including phenoxy) is 2. The monoisotopic (exact) mass is 444 g/mol. The lowest BCUT2D eigenvalue weighted by atomic mass is 9.99. The number of aldehydes is 1. The van der Waals surface area contributed by atoms with E-state index in [1.54, 1.807) is 36.3 Å². The Hall–Kier alpha value is -2.75. The van der Waals surface area contributed by atoms with Crippen LogP contribution in [0.25, 0.3) is 0 Å². The van der Waals surface area contributed by atoms with Gasteiger partial charge in [0.2, 0.25) is 10.0 Å². The lowest BCUT2D eigenvalue weighted by molar-refractivity contribution is -0.0962. The van der Waals surface area contributed by atoms with E-state index in [4.69, 9.17) is 9.47 Å². The van der Waals surface area contributed by atoms with Gasteiger partial charge in [-0.25, -0.2) is 8.42 Å². The second kappa shape index (κ2) is 8.41. The summed E-state index contributed by atoms with van der Waals surface area (Å²) in [7, 11) is -2.12. The van der Waals surface area contributed by atoms with E-state index in [1.807, 2.05) is 0 Å². The number of nitrogens with zero attached hydrogens (tertiary/aromatic N) is 2. The molecule has 9 heteroatoms. The first kappa shape index (κ1) is 21.5. The number of methoxy groups -OCH3 is 1. The van der Waals surface area contributed by atoms with Gasteiger partial charge >= 0.3 is 0 Å². The zero-order valence-corrected chi connectivity index (χ0v) is 18.0. The topological polar surface area (TPSA) is 93.2 Å². The van der Waals surface area contributed by atoms with Crippen molar-refractivity contribution in [1.82, 2.24) is 9.21 Å². The van der Waals surface area contributed by atoms with Crippen molar-refractivity contribution >= 4 is 22.2 Å². The maximum Gasteiger partial charge on any atom is 0.256 e. The predicted molar refractivity (Wildman–Crippen MR) is 113 cm³/mol. The molecule has 164 valence electrons. The number of carbonyl (C=O) groups is 2. The highest BCUT2D eigenvalue weighted by atomic mass is 32.2. The van der Waals surface area contributed by atoms with E-state index in [2.05, 4.69) is 0 Å². The molecule has 0 saturated carbocycles. The van der Waals surface area contributed by atoms with Crippen LogP contribution in [0.2, 0.25) is 0 Å². The molecule has 31 heavy (non-hydrogen) atoms. The molecule has 0 aliphatic carbocycles. The number of piperidine rings is 1. The fourth-order valence-electron chi connectivity index (χ4n) is 4.14. The van der Waals surface area contributed by atoms with Gasteiger partial charge in [0.25, 0.3) is 5.91 Å². The highest BCUT2D eigenvalue weighted by Crippen LogP contribution is 2.37. The van der Waals surface area contributed by atoms with Crippen LogP contribution in [0.5, 0.6) is 5.75 Å². The van der Waals surface area contributed by atoms with Crippen LogP contribution in [-0.2, 0) is 14.8 Å². The zero-order valence-electron chi connectivity index (χ0n) is 17.2. The number of rotatable bonds is 5. The van der Waals surface area contributed by atoms with Crippen molar-refractivity contribution in [1.29, 1.82) is 0 Å². The summed E-state index contributed by atoms with van der Waals surface area (Å²) in [5.74, 6) is 0.532. The standard InChI is InChI=1S/C22H24N2O6S/c1-29-19-6-4-18(5-7-19)21(26)24-14-15-30-22(24)10-12-23(13-11-22)31(27,28)20-8-2-17(16-25)3-9-20/h2-9,16H,10-15H2,1H3. The minimum absolute atomic E-state index is 0.138. The highest BCUT2D eigenvalue weighted by Gasteiger charge is 2.48. The Balaban J connectivity index is 1.49. The Labute approximate surface area is 181 Å². The van der Waals surface area contributed by atoms with E-state index >= 15 is 0 Å². The van der Waals surface area contributed by atoms with Crippen LogP contribution in [0, 0.1) is 0 Å². The third-order valence-electron chi connectivity index (χ3n) is 5.92. The third-order valence-corrected chi connectivity index (χ3v) is 7.83. The summed E-state index contributed by atoms with van der Waals surface area (Å²) in [5.41, 5.74) is 0.157. The maximum absolute atomic E-state index is 13.1. The molecule has 2 heterocycles. The van der Waals surface area contributed by atoms with Gasteiger partial charge in [0.05, 0.1) is 18.6 Å². The van der Waals surface area contributed by atoms with Gasteiger partial charge in [0, 0.05) is 43.6 Å². The molecular weight excluding hydrogens is 420 g/mol. The fourth-order valence-corrected chi connectivity index (χ4v) is 5.58. The van der Waals surface area contributed by atoms with Crippen LogP contribution < -0.4 is 4.74 Å². The van der Waals surface area contributed by atoms with Crippen molar-refractivity contribution in [3.05, 3.63) is 59.7 Å². The molecule has 4 rings (SSSR count). The number of hydrogen-bond donors (Lipinski definition) is 0. The molecule has 0 N–H and O–H groups in total. The molecule has 2 aliphatic rings. The zero-order chi connectivity index (χ0) is 22.1. The van der Waals surface area contributed by atoms with E-state index < -0.39 is 15.7 Å². The molecule has 0 atom stereocenters. The lowest BCUT2D eigenvalue weighted by Gasteiger charge is -2.43. The van der Waals surface area contributed by atoms with Gasteiger partial charge in [-0.05, 0) is 36.4 Å². The normalized spacial score (nSPS) is 18.8. The highest BCUT2D eigenvalue weighted by molar-refractivity contribution is 7.89. The molecule has 1 amide bonds. The van der Waals surface area contributed by atoms with Gasteiger partial charge in [0.15, 0.2) is 0 Å². The molecule has 1 spiro atoms. The maximum atomic E-state index is 13.1. The largest absolute Gasteiger partial charge is 0.497 e. The molecular formula is C22H24N2O6S. The summed E-state index contributed by atoms with van der Waals surface area (Å²) < 4.78 is 38.5. The smallest absolute Gasteiger partial charge is 0.256 e. The molecule has 2 aromatic carbocycles. The second-order valence-corrected chi connectivity index (χ2v) is 9.51. The lowest BCUT2D eigenvalue weighted by Crippen LogP contribution is -2.55. The average molecular weight is 445 g/mol. The summed E-state index contributed by atoms with van der Waals surface area (Å²) in [5, 5.41) is 0. The fraction of sp³-hybridized carbons (Fsp3) is 0.364. The van der Waals surface area contributed by atoms with Gasteiger partial charge in [0.1, 0.15) is 17.8 Å². The SMILES string of the molecule is COc1ccc(C(=O)N2CCOC23CCN(S(=O)(=O)c2ccc(C=O)cc2)CC3)cc1. The Morgan fingerprint density at radius 3 is 2.26 bits per heavy atom. The van der Waals surface area contributed by atoms with Crippen LogP contribution in [0.1, 0.15) is 33.6 Å². The van der Waals surface area contributed by atoms with Crippen molar-refractivity contribution in [2.24, 2.45) is 0 Å². The summed E-state index contributed by atoms with van der Waals surface area (Å²) >= 11 is 0. The molecule has 2 aliphatic heterocycles. The third kappa shape index (κ3) is 3.96. The van der Waals surface area contributed by atoms with E-state index in [-0.39, 0.29) is 23.9 Å². The molecule has 0 radical (unpaired) electrons. The Morgan fingerprint density at radius 1 is 1.03 bits per heavy atom. The van der Waals surface area contributed by atoms with E-state index in [0.29, 0.717) is 49.2 Å².